The van der Waals surface area contributed by atoms with E-state index < -0.39 is 17.1 Å². The lowest BCUT2D eigenvalue weighted by atomic mass is 10.1. The molecule has 0 saturated heterocycles. The number of nitrogens with one attached hydrogen (secondary N) is 1. The average Bonchev–Trinajstić information content (AvgIpc) is 3.45. The first-order chi connectivity index (χ1) is 17.7. The molecule has 0 aliphatic rings. The third kappa shape index (κ3) is 3.88. The van der Waals surface area contributed by atoms with Gasteiger partial charge >= 0.3 is 5.97 Å². The standard InChI is InChI=1S/C27H23N3O7/c1-13-11-19(31)24(32)25(37-13)22-21(14-5-7-15(35-3)8-6-14)28-26(29-22)20-17-12-16(36-4)9-10-18(17)30(2)23(20)27(33)34/h5-12,32H,1-4H3,(H,28,29)(H,33,34). The number of aromatic nitrogens is 3. The van der Waals surface area contributed by atoms with Crippen LogP contribution in [0.1, 0.15) is 16.2 Å². The van der Waals surface area contributed by atoms with Crippen molar-refractivity contribution in [3.05, 3.63) is 70.2 Å². The van der Waals surface area contributed by atoms with Gasteiger partial charge in [-0.05, 0) is 49.4 Å². The number of carboxylic acid groups (broad SMARTS) is 1. The lowest BCUT2D eigenvalue weighted by Gasteiger charge is -2.06. The van der Waals surface area contributed by atoms with Gasteiger partial charge in [-0.2, -0.15) is 0 Å². The molecule has 3 heterocycles. The van der Waals surface area contributed by atoms with Crippen molar-refractivity contribution in [3.63, 3.8) is 0 Å². The number of carboxylic acids is 1. The van der Waals surface area contributed by atoms with E-state index in [1.807, 2.05) is 0 Å². The normalized spacial score (nSPS) is 11.1. The van der Waals surface area contributed by atoms with Crippen molar-refractivity contribution < 1.29 is 28.9 Å². The van der Waals surface area contributed by atoms with E-state index in [-0.39, 0.29) is 28.7 Å². The predicted molar refractivity (Wildman–Crippen MR) is 136 cm³/mol. The quantitative estimate of drug-likeness (QED) is 0.307. The summed E-state index contributed by atoms with van der Waals surface area (Å²) in [4.78, 5) is 32.6. The van der Waals surface area contributed by atoms with Gasteiger partial charge in [0.15, 0.2) is 5.76 Å². The highest BCUT2D eigenvalue weighted by Crippen LogP contribution is 2.41. The van der Waals surface area contributed by atoms with Gasteiger partial charge in [-0.3, -0.25) is 4.79 Å². The van der Waals surface area contributed by atoms with Crippen LogP contribution in [0.5, 0.6) is 17.2 Å². The molecule has 3 aromatic heterocycles. The van der Waals surface area contributed by atoms with E-state index >= 15 is 0 Å². The maximum absolute atomic E-state index is 12.4. The summed E-state index contributed by atoms with van der Waals surface area (Å²) in [7, 11) is 4.73. The number of benzene rings is 2. The molecule has 188 valence electrons. The molecule has 5 rings (SSSR count). The summed E-state index contributed by atoms with van der Waals surface area (Å²) >= 11 is 0. The molecule has 0 bridgehead atoms. The number of ether oxygens (including phenoxy) is 2. The summed E-state index contributed by atoms with van der Waals surface area (Å²) in [5.41, 5.74) is 1.54. The fourth-order valence-electron chi connectivity index (χ4n) is 4.43. The topological polar surface area (TPSA) is 140 Å². The number of imidazole rings is 1. The minimum absolute atomic E-state index is 0.000231. The molecule has 10 nitrogen and oxygen atoms in total. The van der Waals surface area contributed by atoms with Crippen molar-refractivity contribution in [1.82, 2.24) is 14.5 Å². The zero-order chi connectivity index (χ0) is 26.4. The number of hydrogen-bond acceptors (Lipinski definition) is 7. The molecular weight excluding hydrogens is 478 g/mol. The van der Waals surface area contributed by atoms with E-state index in [0.717, 1.165) is 0 Å². The van der Waals surface area contributed by atoms with E-state index in [2.05, 4.69) is 4.98 Å². The molecule has 10 heteroatoms. The van der Waals surface area contributed by atoms with Crippen LogP contribution in [0.2, 0.25) is 0 Å². The first-order valence-corrected chi connectivity index (χ1v) is 11.2. The van der Waals surface area contributed by atoms with Crippen LogP contribution in [0.15, 0.2) is 57.7 Å². The smallest absolute Gasteiger partial charge is 0.353 e. The number of aryl methyl sites for hydroxylation is 2. The number of H-pyrrole nitrogens is 1. The van der Waals surface area contributed by atoms with Crippen molar-refractivity contribution >= 4 is 16.9 Å². The predicted octanol–water partition coefficient (Wildman–Crippen LogP) is 4.59. The molecule has 37 heavy (non-hydrogen) atoms. The summed E-state index contributed by atoms with van der Waals surface area (Å²) < 4.78 is 17.9. The third-order valence-electron chi connectivity index (χ3n) is 6.19. The van der Waals surface area contributed by atoms with E-state index in [0.29, 0.717) is 39.2 Å². The second-order valence-corrected chi connectivity index (χ2v) is 8.41. The number of fused-ring (bicyclic) bond motifs is 1. The number of aromatic carboxylic acids is 1. The van der Waals surface area contributed by atoms with E-state index in [4.69, 9.17) is 18.9 Å². The number of aromatic hydroxyl groups is 1. The van der Waals surface area contributed by atoms with Crippen LogP contribution in [0, 0.1) is 6.92 Å². The number of carbonyl (C=O) groups is 1. The zero-order valence-corrected chi connectivity index (χ0v) is 20.4. The summed E-state index contributed by atoms with van der Waals surface area (Å²) in [5, 5.41) is 21.3. The maximum Gasteiger partial charge on any atom is 0.353 e. The van der Waals surface area contributed by atoms with Gasteiger partial charge in [0, 0.05) is 29.6 Å². The lowest BCUT2D eigenvalue weighted by molar-refractivity contribution is 0.0688. The van der Waals surface area contributed by atoms with Gasteiger partial charge < -0.3 is 33.7 Å². The first-order valence-electron chi connectivity index (χ1n) is 11.2. The van der Waals surface area contributed by atoms with E-state index in [1.165, 1.54) is 13.2 Å². The Kier molecular flexibility index (Phi) is 5.71. The Morgan fingerprint density at radius 1 is 1.05 bits per heavy atom. The largest absolute Gasteiger partial charge is 0.501 e. The van der Waals surface area contributed by atoms with Crippen molar-refractivity contribution in [3.8, 4) is 51.3 Å². The van der Waals surface area contributed by atoms with Gasteiger partial charge in [-0.15, -0.1) is 0 Å². The number of hydrogen-bond donors (Lipinski definition) is 3. The number of aromatic amines is 1. The molecule has 5 aromatic rings. The highest BCUT2D eigenvalue weighted by Gasteiger charge is 2.28. The molecule has 0 atom stereocenters. The Bertz CT molecular complexity index is 1730. The highest BCUT2D eigenvalue weighted by molar-refractivity contribution is 6.08. The van der Waals surface area contributed by atoms with Crippen LogP contribution in [0.4, 0.5) is 0 Å². The van der Waals surface area contributed by atoms with E-state index in [1.54, 1.807) is 68.1 Å². The Balaban J connectivity index is 1.86. The molecular formula is C27H23N3O7. The number of methoxy groups -OCH3 is 2. The second-order valence-electron chi connectivity index (χ2n) is 8.41. The second kappa shape index (κ2) is 8.90. The van der Waals surface area contributed by atoms with Gasteiger partial charge in [0.25, 0.3) is 0 Å². The summed E-state index contributed by atoms with van der Waals surface area (Å²) in [6.45, 7) is 1.59. The van der Waals surface area contributed by atoms with E-state index in [9.17, 15) is 19.8 Å². The van der Waals surface area contributed by atoms with Crippen molar-refractivity contribution in [2.24, 2.45) is 7.05 Å². The van der Waals surface area contributed by atoms with Gasteiger partial charge in [-0.1, -0.05) is 0 Å². The van der Waals surface area contributed by atoms with Crippen LogP contribution < -0.4 is 14.9 Å². The fraction of sp³-hybridized carbons (Fsp3) is 0.148. The van der Waals surface area contributed by atoms with Crippen LogP contribution in [-0.2, 0) is 7.05 Å². The van der Waals surface area contributed by atoms with Crippen LogP contribution >= 0.6 is 0 Å². The zero-order valence-electron chi connectivity index (χ0n) is 20.4. The average molecular weight is 501 g/mol. The Morgan fingerprint density at radius 3 is 2.38 bits per heavy atom. The number of rotatable bonds is 6. The molecule has 0 aliphatic carbocycles. The van der Waals surface area contributed by atoms with Gasteiger partial charge in [0.05, 0.1) is 19.8 Å². The minimum atomic E-state index is -1.15. The van der Waals surface area contributed by atoms with Crippen molar-refractivity contribution in [2.75, 3.05) is 14.2 Å². The SMILES string of the molecule is COc1ccc(-c2nc(-c3c(C(=O)O)n(C)c4ccc(OC)cc34)[nH]c2-c2oc(C)cc(=O)c2O)cc1. The summed E-state index contributed by atoms with van der Waals surface area (Å²) in [5.74, 6) is -0.183. The molecule has 2 aromatic carbocycles. The Morgan fingerprint density at radius 2 is 1.73 bits per heavy atom. The molecule has 0 amide bonds. The molecule has 0 aliphatic heterocycles. The number of nitrogens with zero attached hydrogens (tertiary/aromatic N) is 2. The summed E-state index contributed by atoms with van der Waals surface area (Å²) in [6, 6.07) is 13.4. The minimum Gasteiger partial charge on any atom is -0.501 e. The molecule has 0 fully saturated rings. The molecule has 0 spiro atoms. The van der Waals surface area contributed by atoms with Crippen LogP contribution in [0.3, 0.4) is 0 Å². The van der Waals surface area contributed by atoms with Gasteiger partial charge in [0.1, 0.15) is 40.2 Å². The molecule has 0 saturated carbocycles. The molecule has 3 N–H and O–H groups in total. The maximum atomic E-state index is 12.4. The van der Waals surface area contributed by atoms with Gasteiger partial charge in [-0.25, -0.2) is 9.78 Å². The molecule has 0 unspecified atom stereocenters. The third-order valence-corrected chi connectivity index (χ3v) is 6.19. The lowest BCUT2D eigenvalue weighted by Crippen LogP contribution is -2.06. The monoisotopic (exact) mass is 501 g/mol. The van der Waals surface area contributed by atoms with Gasteiger partial charge in [0.2, 0.25) is 11.2 Å². The fourth-order valence-corrected chi connectivity index (χ4v) is 4.43. The Labute approximate surface area is 210 Å². The Hall–Kier alpha value is -4.99. The summed E-state index contributed by atoms with van der Waals surface area (Å²) in [6.07, 6.45) is 0. The van der Waals surface area contributed by atoms with Crippen molar-refractivity contribution in [2.45, 2.75) is 6.92 Å². The molecule has 0 radical (unpaired) electrons. The van der Waals surface area contributed by atoms with Crippen LogP contribution in [0.25, 0.3) is 45.0 Å². The first kappa shape index (κ1) is 23.7. The van der Waals surface area contributed by atoms with Crippen molar-refractivity contribution in [1.29, 1.82) is 0 Å². The van der Waals surface area contributed by atoms with Crippen LogP contribution in [-0.4, -0.2) is 44.9 Å². The highest BCUT2D eigenvalue weighted by atomic mass is 16.5.